The van der Waals surface area contributed by atoms with Crippen molar-refractivity contribution in [2.75, 3.05) is 14.2 Å². The number of carbonyl (C=O) groups is 1. The molecule has 1 aromatic carbocycles. The summed E-state index contributed by atoms with van der Waals surface area (Å²) >= 11 is 0. The molecule has 9 heteroatoms. The van der Waals surface area contributed by atoms with Crippen molar-refractivity contribution in [2.24, 2.45) is 0 Å². The van der Waals surface area contributed by atoms with Gasteiger partial charge in [0.15, 0.2) is 0 Å². The van der Waals surface area contributed by atoms with Crippen LogP contribution in [0, 0.1) is 13.8 Å². The summed E-state index contributed by atoms with van der Waals surface area (Å²) in [4.78, 5) is 34.8. The van der Waals surface area contributed by atoms with Gasteiger partial charge in [0.05, 0.1) is 36.4 Å². The number of ether oxygens (including phenoxy) is 2. The third kappa shape index (κ3) is 3.10. The summed E-state index contributed by atoms with van der Waals surface area (Å²) in [5, 5.41) is 7.07. The minimum absolute atomic E-state index is 0.209. The van der Waals surface area contributed by atoms with E-state index in [0.29, 0.717) is 33.9 Å². The van der Waals surface area contributed by atoms with Crippen LogP contribution in [-0.4, -0.2) is 44.9 Å². The summed E-state index contributed by atoms with van der Waals surface area (Å²) in [7, 11) is 2.86. The van der Waals surface area contributed by atoms with E-state index in [-0.39, 0.29) is 16.9 Å². The Morgan fingerprint density at radius 2 is 1.80 bits per heavy atom. The van der Waals surface area contributed by atoms with Gasteiger partial charge < -0.3 is 9.47 Å². The number of hydrogen-bond donors (Lipinski definition) is 1. The van der Waals surface area contributed by atoms with Crippen LogP contribution in [0.5, 0.6) is 5.75 Å². The lowest BCUT2D eigenvalue weighted by Gasteiger charge is -2.15. The number of benzene rings is 1. The van der Waals surface area contributed by atoms with Gasteiger partial charge in [-0.05, 0) is 37.6 Å². The normalized spacial score (nSPS) is 10.9. The molecule has 0 fully saturated rings. The van der Waals surface area contributed by atoms with Gasteiger partial charge >= 0.3 is 5.97 Å². The van der Waals surface area contributed by atoms with Gasteiger partial charge in [0.2, 0.25) is 0 Å². The Morgan fingerprint density at radius 1 is 1.07 bits per heavy atom. The number of nitrogens with zero attached hydrogens (tertiary/aromatic N) is 4. The molecular weight excluding hydrogens is 386 g/mol. The van der Waals surface area contributed by atoms with Gasteiger partial charge in [-0.25, -0.2) is 9.36 Å². The highest BCUT2D eigenvalue weighted by Crippen LogP contribution is 2.33. The van der Waals surface area contributed by atoms with E-state index in [1.165, 1.54) is 11.7 Å². The number of carbonyl (C=O) groups excluding carboxylic acids is 1. The second kappa shape index (κ2) is 7.43. The van der Waals surface area contributed by atoms with E-state index in [1.54, 1.807) is 57.5 Å². The van der Waals surface area contributed by atoms with Crippen LogP contribution in [0.2, 0.25) is 0 Å². The molecule has 0 atom stereocenters. The number of hydrogen-bond acceptors (Lipinski definition) is 7. The molecule has 0 aliphatic rings. The first-order valence-corrected chi connectivity index (χ1v) is 9.12. The topological polar surface area (TPSA) is 112 Å². The molecule has 1 N–H and O–H groups in total. The quantitative estimate of drug-likeness (QED) is 0.519. The smallest absolute Gasteiger partial charge is 0.340 e. The summed E-state index contributed by atoms with van der Waals surface area (Å²) in [6.45, 7) is 3.45. The van der Waals surface area contributed by atoms with Crippen molar-refractivity contribution in [3.8, 4) is 22.8 Å². The summed E-state index contributed by atoms with van der Waals surface area (Å²) < 4.78 is 11.5. The van der Waals surface area contributed by atoms with Crippen LogP contribution in [-0.2, 0) is 4.74 Å². The maximum Gasteiger partial charge on any atom is 0.340 e. The van der Waals surface area contributed by atoms with Crippen LogP contribution in [0.15, 0.2) is 41.3 Å². The third-order valence-corrected chi connectivity index (χ3v) is 4.79. The molecule has 4 rings (SSSR count). The Kier molecular flexibility index (Phi) is 4.78. The first-order chi connectivity index (χ1) is 14.4. The van der Waals surface area contributed by atoms with Crippen molar-refractivity contribution in [2.45, 2.75) is 13.8 Å². The second-order valence-electron chi connectivity index (χ2n) is 6.64. The zero-order valence-corrected chi connectivity index (χ0v) is 16.9. The van der Waals surface area contributed by atoms with Gasteiger partial charge in [-0.15, -0.1) is 5.10 Å². The van der Waals surface area contributed by atoms with Crippen molar-refractivity contribution in [3.05, 3.63) is 64.0 Å². The standard InChI is InChI=1S/C21H19N5O4/c1-11-16(20(28)30-4)17(13-5-7-14(29-3)8-6-13)18-15(22-11)9-10-26(19(18)27)21-23-12(2)24-25-21/h5-10H,1-4H3,(H,23,24,25). The number of aromatic amines is 1. The molecule has 30 heavy (non-hydrogen) atoms. The average Bonchev–Trinajstić information content (AvgIpc) is 3.18. The Bertz CT molecular complexity index is 1320. The lowest BCUT2D eigenvalue weighted by molar-refractivity contribution is 0.0600. The lowest BCUT2D eigenvalue weighted by atomic mass is 9.95. The van der Waals surface area contributed by atoms with Crippen LogP contribution in [0.1, 0.15) is 21.9 Å². The SMILES string of the molecule is COC(=O)c1c(C)nc2ccn(-c3n[nH]c(C)n3)c(=O)c2c1-c1ccc(OC)cc1. The molecule has 0 amide bonds. The Labute approximate surface area is 171 Å². The average molecular weight is 405 g/mol. The minimum atomic E-state index is -0.573. The fraction of sp³-hybridized carbons (Fsp3) is 0.190. The van der Waals surface area contributed by atoms with Crippen LogP contribution in [0.3, 0.4) is 0 Å². The highest BCUT2D eigenvalue weighted by Gasteiger charge is 2.24. The predicted octanol–water partition coefficient (Wildman–Crippen LogP) is 2.58. The van der Waals surface area contributed by atoms with Crippen molar-refractivity contribution in [1.82, 2.24) is 24.7 Å². The van der Waals surface area contributed by atoms with E-state index >= 15 is 0 Å². The van der Waals surface area contributed by atoms with Gasteiger partial charge in [0.25, 0.3) is 11.5 Å². The number of fused-ring (bicyclic) bond motifs is 1. The van der Waals surface area contributed by atoms with Crippen molar-refractivity contribution in [1.29, 1.82) is 0 Å². The van der Waals surface area contributed by atoms with E-state index in [9.17, 15) is 9.59 Å². The van der Waals surface area contributed by atoms with Crippen LogP contribution in [0.4, 0.5) is 0 Å². The molecule has 9 nitrogen and oxygen atoms in total. The highest BCUT2D eigenvalue weighted by atomic mass is 16.5. The van der Waals surface area contributed by atoms with Crippen molar-refractivity contribution < 1.29 is 14.3 Å². The molecule has 3 aromatic heterocycles. The molecule has 3 heterocycles. The zero-order valence-electron chi connectivity index (χ0n) is 16.9. The van der Waals surface area contributed by atoms with Gasteiger partial charge in [-0.2, -0.15) is 4.98 Å². The molecule has 0 unspecified atom stereocenters. The summed E-state index contributed by atoms with van der Waals surface area (Å²) in [6, 6.07) is 8.79. The van der Waals surface area contributed by atoms with E-state index in [2.05, 4.69) is 20.2 Å². The Balaban J connectivity index is 2.12. The van der Waals surface area contributed by atoms with Gasteiger partial charge in [-0.3, -0.25) is 14.9 Å². The number of esters is 1. The van der Waals surface area contributed by atoms with Crippen molar-refractivity contribution in [3.63, 3.8) is 0 Å². The third-order valence-electron chi connectivity index (χ3n) is 4.79. The number of aromatic nitrogens is 5. The molecular formula is C21H19N5O4. The van der Waals surface area contributed by atoms with Gasteiger partial charge in [-0.1, -0.05) is 12.1 Å². The fourth-order valence-electron chi connectivity index (χ4n) is 3.39. The number of pyridine rings is 2. The number of rotatable bonds is 4. The van der Waals surface area contributed by atoms with Gasteiger partial charge in [0.1, 0.15) is 11.6 Å². The van der Waals surface area contributed by atoms with Gasteiger partial charge in [0, 0.05) is 11.8 Å². The molecule has 152 valence electrons. The van der Waals surface area contributed by atoms with Crippen molar-refractivity contribution >= 4 is 16.9 Å². The molecule has 0 spiro atoms. The van der Waals surface area contributed by atoms with E-state index in [1.807, 2.05) is 0 Å². The molecule has 0 saturated heterocycles. The van der Waals surface area contributed by atoms with E-state index in [4.69, 9.17) is 9.47 Å². The zero-order chi connectivity index (χ0) is 21.4. The lowest BCUT2D eigenvalue weighted by Crippen LogP contribution is -2.21. The first kappa shape index (κ1) is 19.3. The van der Waals surface area contributed by atoms with Crippen LogP contribution in [0.25, 0.3) is 28.0 Å². The van der Waals surface area contributed by atoms with Crippen LogP contribution < -0.4 is 10.3 Å². The summed E-state index contributed by atoms with van der Waals surface area (Å²) in [5.41, 5.74) is 1.86. The minimum Gasteiger partial charge on any atom is -0.497 e. The maximum atomic E-state index is 13.5. The Hall–Kier alpha value is -4.01. The molecule has 4 aromatic rings. The number of aryl methyl sites for hydroxylation is 2. The molecule has 0 radical (unpaired) electrons. The first-order valence-electron chi connectivity index (χ1n) is 9.12. The predicted molar refractivity (Wildman–Crippen MR) is 110 cm³/mol. The molecule has 0 saturated carbocycles. The number of H-pyrrole nitrogens is 1. The molecule has 0 aliphatic carbocycles. The van der Waals surface area contributed by atoms with E-state index < -0.39 is 11.5 Å². The molecule has 0 aliphatic heterocycles. The second-order valence-corrected chi connectivity index (χ2v) is 6.64. The maximum absolute atomic E-state index is 13.5. The van der Waals surface area contributed by atoms with E-state index in [0.717, 1.165) is 0 Å². The van der Waals surface area contributed by atoms with Crippen LogP contribution >= 0.6 is 0 Å². The largest absolute Gasteiger partial charge is 0.497 e. The summed E-state index contributed by atoms with van der Waals surface area (Å²) in [5.74, 6) is 0.864. The fourth-order valence-corrected chi connectivity index (χ4v) is 3.39. The monoisotopic (exact) mass is 405 g/mol. The number of methoxy groups -OCH3 is 2. The summed E-state index contributed by atoms with van der Waals surface area (Å²) in [6.07, 6.45) is 1.56. The number of nitrogens with one attached hydrogen (secondary N) is 1. The highest BCUT2D eigenvalue weighted by molar-refractivity contribution is 6.07. The Morgan fingerprint density at radius 3 is 2.40 bits per heavy atom. The molecule has 0 bridgehead atoms.